The number of ether oxygens (including phenoxy) is 4. The summed E-state index contributed by atoms with van der Waals surface area (Å²) in [5.74, 6) is -2.58. The van der Waals surface area contributed by atoms with Gasteiger partial charge in [-0.3, -0.25) is 34.3 Å². The number of allylic oxidation sites excluding steroid dienone is 2. The second kappa shape index (κ2) is 20.8. The van der Waals surface area contributed by atoms with Crippen LogP contribution in [0.5, 0.6) is 11.5 Å². The molecule has 7 unspecified atom stereocenters. The van der Waals surface area contributed by atoms with Crippen LogP contribution >= 0.6 is 0 Å². The number of anilines is 2. The monoisotopic (exact) mass is 884 g/mol. The number of primary amides is 1. The first-order valence-corrected chi connectivity index (χ1v) is 21.3. The standard InChI is InChI=1S/C46H56N6O12/c1-24-19-28-39(48-18-8-6-7-15-37(54)49-30-13-10-12-27-29(30)23-52(45(27)59)32-16-17-38(55)51-44(32)58)33(53)22-31(40(28)56)50-43(57)25(2)11-9-14-34(61-4)42(64-46(47)60)36-21-26(3)41(63-36)35(20-24)62-5/h9-14,18,21-22,24,26,32,34-35,41-42,53,56H,6-8,15-17,19-20,23H2,1-5H3,(H2,47,60)(H,49,54)(H,50,57)(H,51,55,58)/b14-9-,25-11?,48-18?. The number of piperidine rings is 1. The minimum Gasteiger partial charge on any atom is -0.506 e. The number of nitrogens with one attached hydrogen (secondary N) is 3. The van der Waals surface area contributed by atoms with Crippen molar-refractivity contribution in [3.63, 3.8) is 0 Å². The number of phenols is 2. The van der Waals surface area contributed by atoms with Crippen LogP contribution in [0.1, 0.15) is 87.2 Å². The van der Waals surface area contributed by atoms with Gasteiger partial charge in [0.05, 0.1) is 11.8 Å². The molecule has 0 spiro atoms. The summed E-state index contributed by atoms with van der Waals surface area (Å²) < 4.78 is 23.4. The highest BCUT2D eigenvalue weighted by Crippen LogP contribution is 2.44. The first-order chi connectivity index (χ1) is 30.6. The highest BCUT2D eigenvalue weighted by atomic mass is 16.6. The third-order valence-corrected chi connectivity index (χ3v) is 11.8. The smallest absolute Gasteiger partial charge is 0.405 e. The molecule has 18 heteroatoms. The molecule has 0 saturated carbocycles. The second-order valence-corrected chi connectivity index (χ2v) is 16.5. The van der Waals surface area contributed by atoms with E-state index in [9.17, 15) is 39.0 Å². The SMILES string of the molecule is COC1/C=C\C=C(C)C(=O)Nc2cc(O)c(N=CCCCCC(=O)Nc3cccc4c3CN(C3CCC(=O)NC3=O)C4=O)c(c2O)CC(C)CC(OC)C2OC(=CC2C)C1OC(N)=O. The largest absolute Gasteiger partial charge is 0.506 e. The molecule has 0 aromatic heterocycles. The Morgan fingerprint density at radius 3 is 2.58 bits per heavy atom. The van der Waals surface area contributed by atoms with Crippen molar-refractivity contribution in [2.45, 2.75) is 109 Å². The van der Waals surface area contributed by atoms with E-state index in [2.05, 4.69) is 20.9 Å². The third-order valence-electron chi connectivity index (χ3n) is 11.8. The lowest BCUT2D eigenvalue weighted by atomic mass is 9.89. The van der Waals surface area contributed by atoms with Crippen LogP contribution in [-0.4, -0.2) is 102 Å². The highest BCUT2D eigenvalue weighted by Gasteiger charge is 2.41. The maximum absolute atomic E-state index is 13.3. The molecule has 0 aliphatic carbocycles. The number of hydrogen-bond acceptors (Lipinski definition) is 13. The number of nitrogens with two attached hydrogens (primary N) is 1. The van der Waals surface area contributed by atoms with Crippen LogP contribution in [0.15, 0.2) is 64.9 Å². The molecule has 0 radical (unpaired) electrons. The fraction of sp³-hybridized carbons (Fsp3) is 0.457. The van der Waals surface area contributed by atoms with Crippen LogP contribution in [0.25, 0.3) is 0 Å². The minimum absolute atomic E-state index is 0.0146. The number of fused-ring (bicyclic) bond motifs is 5. The van der Waals surface area contributed by atoms with Crippen molar-refractivity contribution in [3.05, 3.63) is 76.6 Å². The van der Waals surface area contributed by atoms with E-state index >= 15 is 0 Å². The zero-order valence-electron chi connectivity index (χ0n) is 36.6. The van der Waals surface area contributed by atoms with E-state index in [0.29, 0.717) is 53.8 Å². The van der Waals surface area contributed by atoms with Crippen LogP contribution in [-0.2, 0) is 51.1 Å². The van der Waals surface area contributed by atoms with Crippen LogP contribution in [0.4, 0.5) is 21.9 Å². The Kier molecular flexibility index (Phi) is 15.2. The number of carbonyl (C=O) groups excluding carboxylic acids is 6. The van der Waals surface area contributed by atoms with Crippen molar-refractivity contribution < 1.29 is 57.9 Å². The normalized spacial score (nSPS) is 25.6. The molecule has 64 heavy (non-hydrogen) atoms. The van der Waals surface area contributed by atoms with Crippen LogP contribution in [0.3, 0.4) is 0 Å². The number of benzene rings is 2. The molecule has 1 saturated heterocycles. The first kappa shape index (κ1) is 47.0. The van der Waals surface area contributed by atoms with Gasteiger partial charge in [-0.1, -0.05) is 38.1 Å². The van der Waals surface area contributed by atoms with Gasteiger partial charge in [-0.2, -0.15) is 0 Å². The lowest BCUT2D eigenvalue weighted by Crippen LogP contribution is -2.52. The van der Waals surface area contributed by atoms with Gasteiger partial charge in [0.2, 0.25) is 17.7 Å². The molecule has 6 amide bonds. The Hall–Kier alpha value is -6.53. The lowest BCUT2D eigenvalue weighted by molar-refractivity contribution is -0.137. The van der Waals surface area contributed by atoms with Gasteiger partial charge in [0, 0.05) is 79.8 Å². The number of rotatable bonds is 11. The van der Waals surface area contributed by atoms with Crippen molar-refractivity contribution >= 4 is 58.9 Å². The number of phenolic OH excluding ortho intramolecular Hbond substituents is 2. The van der Waals surface area contributed by atoms with E-state index in [4.69, 9.17) is 24.7 Å². The molecule has 4 bridgehead atoms. The Balaban J connectivity index is 1.14. The Labute approximate surface area is 370 Å². The van der Waals surface area contributed by atoms with Gasteiger partial charge < -0.3 is 50.4 Å². The lowest BCUT2D eigenvalue weighted by Gasteiger charge is -2.30. The van der Waals surface area contributed by atoms with Crippen molar-refractivity contribution in [2.75, 3.05) is 24.9 Å². The Morgan fingerprint density at radius 2 is 1.86 bits per heavy atom. The molecule has 342 valence electrons. The number of aliphatic imine (C=N–C) groups is 1. The predicted molar refractivity (Wildman–Crippen MR) is 235 cm³/mol. The molecule has 1 fully saturated rings. The second-order valence-electron chi connectivity index (χ2n) is 16.5. The van der Waals surface area contributed by atoms with E-state index in [1.165, 1.54) is 24.2 Å². The number of amides is 6. The predicted octanol–water partition coefficient (Wildman–Crippen LogP) is 5.20. The van der Waals surface area contributed by atoms with Gasteiger partial charge in [-0.05, 0) is 69.6 Å². The average molecular weight is 885 g/mol. The maximum Gasteiger partial charge on any atom is 0.405 e. The molecule has 7 N–H and O–H groups in total. The van der Waals surface area contributed by atoms with Crippen LogP contribution in [0.2, 0.25) is 0 Å². The van der Waals surface area contributed by atoms with Crippen LogP contribution < -0.4 is 21.7 Å². The molecule has 2 aromatic carbocycles. The zero-order valence-corrected chi connectivity index (χ0v) is 36.6. The van der Waals surface area contributed by atoms with E-state index in [1.54, 1.807) is 50.6 Å². The number of unbranched alkanes of at least 4 members (excludes halogenated alkanes) is 2. The molecule has 4 aliphatic heterocycles. The van der Waals surface area contributed by atoms with E-state index in [1.807, 2.05) is 19.9 Å². The van der Waals surface area contributed by atoms with E-state index in [0.717, 1.165) is 0 Å². The van der Waals surface area contributed by atoms with Gasteiger partial charge in [0.1, 0.15) is 41.2 Å². The number of nitrogens with zero attached hydrogens (tertiary/aromatic N) is 2. The summed E-state index contributed by atoms with van der Waals surface area (Å²) in [4.78, 5) is 81.7. The quantitative estimate of drug-likeness (QED) is 0.0560. The van der Waals surface area contributed by atoms with Gasteiger partial charge >= 0.3 is 6.09 Å². The highest BCUT2D eigenvalue weighted by molar-refractivity contribution is 6.07. The number of methoxy groups -OCH3 is 2. The van der Waals surface area contributed by atoms with E-state index in [-0.39, 0.29) is 90.2 Å². The molecule has 4 heterocycles. The molecule has 6 rings (SSSR count). The van der Waals surface area contributed by atoms with Gasteiger partial charge in [0.15, 0.2) is 6.10 Å². The van der Waals surface area contributed by atoms with Gasteiger partial charge in [-0.25, -0.2) is 4.79 Å². The average Bonchev–Trinajstić information content (AvgIpc) is 3.80. The third kappa shape index (κ3) is 10.8. The Morgan fingerprint density at radius 1 is 1.08 bits per heavy atom. The summed E-state index contributed by atoms with van der Waals surface area (Å²) >= 11 is 0. The maximum atomic E-state index is 13.3. The zero-order chi connectivity index (χ0) is 46.2. The van der Waals surface area contributed by atoms with Crippen molar-refractivity contribution in [1.82, 2.24) is 10.2 Å². The summed E-state index contributed by atoms with van der Waals surface area (Å²) in [6.45, 7) is 5.59. The number of aromatic hydroxyl groups is 2. The molecule has 7 atom stereocenters. The number of carbonyl (C=O) groups is 6. The summed E-state index contributed by atoms with van der Waals surface area (Å²) in [5.41, 5.74) is 7.59. The number of imide groups is 1. The van der Waals surface area contributed by atoms with Crippen molar-refractivity contribution in [2.24, 2.45) is 22.6 Å². The molecular formula is C46H56N6O12. The summed E-state index contributed by atoms with van der Waals surface area (Å²) in [5, 5.41) is 30.8. The molecule has 4 aliphatic rings. The molecule has 18 nitrogen and oxygen atoms in total. The topological polar surface area (TPSA) is 258 Å². The first-order valence-electron chi connectivity index (χ1n) is 21.3. The summed E-state index contributed by atoms with van der Waals surface area (Å²) in [6, 6.07) is 5.49. The van der Waals surface area contributed by atoms with E-state index < -0.39 is 48.4 Å². The Bertz CT molecular complexity index is 2290. The molecule has 2 aromatic rings. The fourth-order valence-electron chi connectivity index (χ4n) is 8.48. The van der Waals surface area contributed by atoms with Gasteiger partial charge in [0.25, 0.3) is 11.8 Å². The van der Waals surface area contributed by atoms with Crippen molar-refractivity contribution in [3.8, 4) is 11.5 Å². The number of hydrogen-bond donors (Lipinski definition) is 6. The molecular weight excluding hydrogens is 829 g/mol. The van der Waals surface area contributed by atoms with Gasteiger partial charge in [-0.15, -0.1) is 0 Å². The minimum atomic E-state index is -1.02. The van der Waals surface area contributed by atoms with Crippen LogP contribution in [0, 0.1) is 11.8 Å². The summed E-state index contributed by atoms with van der Waals surface area (Å²) in [7, 11) is 3.00. The summed E-state index contributed by atoms with van der Waals surface area (Å²) in [6.07, 6.45) is 6.95. The fourth-order valence-corrected chi connectivity index (χ4v) is 8.48. The van der Waals surface area contributed by atoms with Crippen molar-refractivity contribution in [1.29, 1.82) is 0 Å².